The third-order valence-electron chi connectivity index (χ3n) is 6.81. The Labute approximate surface area is 173 Å². The second-order valence-electron chi connectivity index (χ2n) is 8.66. The number of hydrogen-bond donors (Lipinski definition) is 0. The summed E-state index contributed by atoms with van der Waals surface area (Å²) in [7, 11) is 0. The Morgan fingerprint density at radius 2 is 1.41 bits per heavy atom. The fraction of sp³-hybridized carbons (Fsp3) is 0.480. The maximum Gasteiger partial charge on any atom is 0.227 e. The van der Waals surface area contributed by atoms with E-state index >= 15 is 0 Å². The number of rotatable bonds is 5. The first-order chi connectivity index (χ1) is 14.3. The number of ether oxygens (including phenoxy) is 1. The van der Waals surface area contributed by atoms with Crippen molar-refractivity contribution in [3.8, 4) is 16.9 Å². The SMILES string of the molecule is O=C1CCCN1c1ccc(-c2ccc(OC3CCN(C4CCC4)CC3)cc2)cc1. The fourth-order valence-electron chi connectivity index (χ4n) is 4.78. The van der Waals surface area contributed by atoms with Crippen molar-refractivity contribution in [3.63, 3.8) is 0 Å². The highest BCUT2D eigenvalue weighted by atomic mass is 16.5. The van der Waals surface area contributed by atoms with Gasteiger partial charge in [-0.1, -0.05) is 30.7 Å². The summed E-state index contributed by atoms with van der Waals surface area (Å²) < 4.78 is 6.25. The number of carbonyl (C=O) groups excluding carboxylic acids is 1. The number of benzene rings is 2. The van der Waals surface area contributed by atoms with E-state index in [1.54, 1.807) is 0 Å². The van der Waals surface area contributed by atoms with Crippen molar-refractivity contribution in [2.24, 2.45) is 0 Å². The van der Waals surface area contributed by atoms with Crippen LogP contribution in [-0.4, -0.2) is 42.6 Å². The van der Waals surface area contributed by atoms with E-state index in [4.69, 9.17) is 4.74 Å². The van der Waals surface area contributed by atoms with Crippen molar-refractivity contribution in [1.82, 2.24) is 4.90 Å². The molecular formula is C25H30N2O2. The molecule has 1 amide bonds. The van der Waals surface area contributed by atoms with Gasteiger partial charge in [-0.05, 0) is 67.5 Å². The van der Waals surface area contributed by atoms with Crippen molar-refractivity contribution in [2.75, 3.05) is 24.5 Å². The van der Waals surface area contributed by atoms with Crippen LogP contribution in [0.2, 0.25) is 0 Å². The average Bonchev–Trinajstić information content (AvgIpc) is 3.15. The fourth-order valence-corrected chi connectivity index (χ4v) is 4.78. The molecule has 2 heterocycles. The molecule has 0 radical (unpaired) electrons. The van der Waals surface area contributed by atoms with Crippen LogP contribution in [0.1, 0.15) is 44.9 Å². The van der Waals surface area contributed by atoms with Gasteiger partial charge < -0.3 is 14.5 Å². The molecule has 2 aromatic carbocycles. The summed E-state index contributed by atoms with van der Waals surface area (Å²) >= 11 is 0. The number of carbonyl (C=O) groups is 1. The second kappa shape index (κ2) is 8.19. The molecule has 2 aromatic rings. The van der Waals surface area contributed by atoms with E-state index < -0.39 is 0 Å². The highest BCUT2D eigenvalue weighted by molar-refractivity contribution is 5.95. The van der Waals surface area contributed by atoms with Gasteiger partial charge in [0.05, 0.1) is 0 Å². The standard InChI is InChI=1S/C25H30N2O2/c28-25-5-2-16-27(25)22-10-6-19(7-11-22)20-8-12-23(13-9-20)29-24-14-17-26(18-15-24)21-3-1-4-21/h6-13,21,24H,1-5,14-18H2. The average molecular weight is 391 g/mol. The topological polar surface area (TPSA) is 32.8 Å². The molecule has 3 fully saturated rings. The first-order valence-corrected chi connectivity index (χ1v) is 11.2. The zero-order valence-electron chi connectivity index (χ0n) is 17.1. The molecule has 3 aliphatic rings. The zero-order valence-corrected chi connectivity index (χ0v) is 17.1. The van der Waals surface area contributed by atoms with Crippen LogP contribution in [0.5, 0.6) is 5.75 Å². The van der Waals surface area contributed by atoms with Gasteiger partial charge in [-0.15, -0.1) is 0 Å². The number of likely N-dealkylation sites (tertiary alicyclic amines) is 1. The van der Waals surface area contributed by atoms with Crippen LogP contribution in [0.25, 0.3) is 11.1 Å². The van der Waals surface area contributed by atoms with Gasteiger partial charge in [0, 0.05) is 37.8 Å². The molecule has 5 rings (SSSR count). The Kier molecular flexibility index (Phi) is 5.28. The van der Waals surface area contributed by atoms with Crippen molar-refractivity contribution >= 4 is 11.6 Å². The van der Waals surface area contributed by atoms with Crippen LogP contribution >= 0.6 is 0 Å². The second-order valence-corrected chi connectivity index (χ2v) is 8.66. The smallest absolute Gasteiger partial charge is 0.227 e. The maximum absolute atomic E-state index is 11.9. The Balaban J connectivity index is 1.17. The van der Waals surface area contributed by atoms with Gasteiger partial charge in [0.15, 0.2) is 0 Å². The van der Waals surface area contributed by atoms with Crippen LogP contribution < -0.4 is 9.64 Å². The molecular weight excluding hydrogens is 360 g/mol. The van der Waals surface area contributed by atoms with Gasteiger partial charge >= 0.3 is 0 Å². The summed E-state index contributed by atoms with van der Waals surface area (Å²) in [6, 6.07) is 17.6. The van der Waals surface area contributed by atoms with E-state index in [0.29, 0.717) is 12.5 Å². The number of hydrogen-bond acceptors (Lipinski definition) is 3. The Morgan fingerprint density at radius 3 is 1.97 bits per heavy atom. The first-order valence-electron chi connectivity index (χ1n) is 11.2. The molecule has 2 saturated heterocycles. The molecule has 1 saturated carbocycles. The van der Waals surface area contributed by atoms with Crippen LogP contribution in [-0.2, 0) is 4.79 Å². The predicted molar refractivity (Wildman–Crippen MR) is 116 cm³/mol. The molecule has 0 unspecified atom stereocenters. The zero-order chi connectivity index (χ0) is 19.6. The third kappa shape index (κ3) is 4.04. The van der Waals surface area contributed by atoms with Crippen molar-refractivity contribution in [2.45, 2.75) is 57.1 Å². The van der Waals surface area contributed by atoms with Gasteiger partial charge in [0.2, 0.25) is 5.91 Å². The molecule has 29 heavy (non-hydrogen) atoms. The van der Waals surface area contributed by atoms with Crippen molar-refractivity contribution < 1.29 is 9.53 Å². The van der Waals surface area contributed by atoms with Crippen LogP contribution in [0.3, 0.4) is 0 Å². The van der Waals surface area contributed by atoms with Gasteiger partial charge in [-0.2, -0.15) is 0 Å². The molecule has 0 atom stereocenters. The number of amides is 1. The van der Waals surface area contributed by atoms with Crippen molar-refractivity contribution in [1.29, 1.82) is 0 Å². The van der Waals surface area contributed by atoms with E-state index in [-0.39, 0.29) is 5.91 Å². The molecule has 4 heteroatoms. The first kappa shape index (κ1) is 18.7. The summed E-state index contributed by atoms with van der Waals surface area (Å²) in [5.74, 6) is 1.20. The minimum Gasteiger partial charge on any atom is -0.490 e. The highest BCUT2D eigenvalue weighted by Crippen LogP contribution is 2.30. The van der Waals surface area contributed by atoms with E-state index in [0.717, 1.165) is 43.3 Å². The molecule has 152 valence electrons. The Morgan fingerprint density at radius 1 is 0.759 bits per heavy atom. The van der Waals surface area contributed by atoms with Gasteiger partial charge in [-0.3, -0.25) is 4.79 Å². The van der Waals surface area contributed by atoms with Crippen LogP contribution in [0, 0.1) is 0 Å². The predicted octanol–water partition coefficient (Wildman–Crippen LogP) is 4.88. The number of nitrogens with zero attached hydrogens (tertiary/aromatic N) is 2. The Bertz CT molecular complexity index is 834. The molecule has 0 bridgehead atoms. The molecule has 0 aromatic heterocycles. The molecule has 1 aliphatic carbocycles. The molecule has 4 nitrogen and oxygen atoms in total. The number of anilines is 1. The summed E-state index contributed by atoms with van der Waals surface area (Å²) in [6.45, 7) is 3.20. The third-order valence-corrected chi connectivity index (χ3v) is 6.81. The maximum atomic E-state index is 11.9. The van der Waals surface area contributed by atoms with Gasteiger partial charge in [-0.25, -0.2) is 0 Å². The summed E-state index contributed by atoms with van der Waals surface area (Å²) in [6.07, 6.45) is 8.43. The quantitative estimate of drug-likeness (QED) is 0.730. The summed E-state index contributed by atoms with van der Waals surface area (Å²) in [4.78, 5) is 16.5. The minimum atomic E-state index is 0.234. The lowest BCUT2D eigenvalue weighted by atomic mass is 9.90. The monoisotopic (exact) mass is 390 g/mol. The lowest BCUT2D eigenvalue weighted by molar-refractivity contribution is -0.117. The van der Waals surface area contributed by atoms with Crippen LogP contribution in [0.4, 0.5) is 5.69 Å². The highest BCUT2D eigenvalue weighted by Gasteiger charge is 2.29. The molecule has 0 N–H and O–H groups in total. The van der Waals surface area contributed by atoms with E-state index in [1.165, 1.54) is 43.5 Å². The van der Waals surface area contributed by atoms with E-state index in [2.05, 4.69) is 53.4 Å². The Hall–Kier alpha value is -2.33. The van der Waals surface area contributed by atoms with E-state index in [1.807, 2.05) is 4.90 Å². The van der Waals surface area contributed by atoms with Crippen molar-refractivity contribution in [3.05, 3.63) is 48.5 Å². The van der Waals surface area contributed by atoms with E-state index in [9.17, 15) is 4.79 Å². The van der Waals surface area contributed by atoms with Crippen LogP contribution in [0.15, 0.2) is 48.5 Å². The summed E-state index contributed by atoms with van der Waals surface area (Å²) in [5, 5.41) is 0. The minimum absolute atomic E-state index is 0.234. The molecule has 2 aliphatic heterocycles. The van der Waals surface area contributed by atoms with Gasteiger partial charge in [0.25, 0.3) is 0 Å². The summed E-state index contributed by atoms with van der Waals surface area (Å²) in [5.41, 5.74) is 3.35. The lowest BCUT2D eigenvalue weighted by Crippen LogP contribution is -2.46. The normalized spacial score (nSPS) is 21.4. The number of piperidine rings is 1. The lowest BCUT2D eigenvalue weighted by Gasteiger charge is -2.41. The molecule has 0 spiro atoms. The largest absolute Gasteiger partial charge is 0.490 e. The van der Waals surface area contributed by atoms with Gasteiger partial charge in [0.1, 0.15) is 11.9 Å².